The number of oxime groups is 1. The topological polar surface area (TPSA) is 257 Å². The van der Waals surface area contributed by atoms with E-state index in [1.807, 2.05) is 27.5 Å². The van der Waals surface area contributed by atoms with Crippen molar-refractivity contribution in [1.82, 2.24) is 29.1 Å². The van der Waals surface area contributed by atoms with Gasteiger partial charge in [0, 0.05) is 35.9 Å². The Bertz CT molecular complexity index is 2300. The number of aromatic nitrogens is 5. The molecular weight excluding hydrogens is 805 g/mol. The fraction of sp³-hybridized carbons (Fsp3) is 0.405. The van der Waals surface area contributed by atoms with Crippen LogP contribution in [-0.4, -0.2) is 102 Å². The molecule has 0 aliphatic carbocycles. The minimum atomic E-state index is -1.05. The highest BCUT2D eigenvalue weighted by atomic mass is 32.2. The van der Waals surface area contributed by atoms with Crippen LogP contribution in [-0.2, 0) is 48.4 Å². The van der Waals surface area contributed by atoms with Gasteiger partial charge >= 0.3 is 17.7 Å². The Balaban J connectivity index is 1.23. The molecule has 1 aromatic carbocycles. The predicted octanol–water partition coefficient (Wildman–Crippen LogP) is 2.03. The minimum Gasteiger partial charge on any atom is -0.497 e. The molecule has 2 aliphatic rings. The van der Waals surface area contributed by atoms with Gasteiger partial charge in [-0.3, -0.25) is 24.8 Å². The molecule has 2 aliphatic heterocycles. The second kappa shape index (κ2) is 18.5. The van der Waals surface area contributed by atoms with Gasteiger partial charge in [-0.25, -0.2) is 14.2 Å². The molecule has 4 aromatic rings. The molecule has 1 saturated heterocycles. The number of benzene rings is 1. The molecular formula is C37H45N12O8S2+. The van der Waals surface area contributed by atoms with Crippen LogP contribution in [0.1, 0.15) is 45.5 Å². The van der Waals surface area contributed by atoms with E-state index in [2.05, 4.69) is 35.1 Å². The van der Waals surface area contributed by atoms with Gasteiger partial charge in [0.1, 0.15) is 53.7 Å². The van der Waals surface area contributed by atoms with Gasteiger partial charge in [0.25, 0.3) is 11.8 Å². The Morgan fingerprint density at radius 1 is 1.14 bits per heavy atom. The van der Waals surface area contributed by atoms with E-state index in [1.165, 1.54) is 16.7 Å². The Morgan fingerprint density at radius 2 is 1.92 bits per heavy atom. The number of fused-ring (bicyclic) bond motifs is 2. The number of carbonyl (C=O) groups is 4. The highest BCUT2D eigenvalue weighted by Crippen LogP contribution is 2.41. The third-order valence-corrected chi connectivity index (χ3v) is 10.6. The van der Waals surface area contributed by atoms with E-state index >= 15 is 0 Å². The number of nitrogens with two attached hydrogens (primary N) is 2. The van der Waals surface area contributed by atoms with Gasteiger partial charge in [0.2, 0.25) is 23.0 Å². The molecule has 6 N–H and O–H groups in total. The highest BCUT2D eigenvalue weighted by Gasteiger charge is 2.55. The summed E-state index contributed by atoms with van der Waals surface area (Å²) in [5.41, 5.74) is 12.8. The molecule has 20 nitrogen and oxygen atoms in total. The highest BCUT2D eigenvalue weighted by molar-refractivity contribution is 8.00. The summed E-state index contributed by atoms with van der Waals surface area (Å²) in [7, 11) is 1.56. The fourth-order valence-electron chi connectivity index (χ4n) is 6.06. The molecule has 3 amide bonds. The lowest BCUT2D eigenvalue weighted by atomic mass is 10.0. The van der Waals surface area contributed by atoms with E-state index in [9.17, 15) is 19.2 Å². The average Bonchev–Trinajstić information content (AvgIpc) is 3.84. The maximum Gasteiger partial charge on any atom is 0.414 e. The number of ether oxygens (including phenoxy) is 3. The first kappa shape index (κ1) is 42.3. The molecule has 6 rings (SSSR count). The quantitative estimate of drug-likeness (QED) is 0.0239. The zero-order valence-corrected chi connectivity index (χ0v) is 34.7. The summed E-state index contributed by atoms with van der Waals surface area (Å²) in [6, 6.07) is 9.85. The summed E-state index contributed by atoms with van der Waals surface area (Å²) in [5, 5.41) is 8.52. The van der Waals surface area contributed by atoms with Crippen molar-refractivity contribution in [2.45, 2.75) is 70.8 Å². The maximum atomic E-state index is 14.0. The number of aryl methyl sites for hydroxylation is 1. The van der Waals surface area contributed by atoms with Crippen LogP contribution in [0.4, 0.5) is 9.93 Å². The molecule has 0 saturated carbocycles. The number of rotatable bonds is 16. The number of aliphatic imine (C=N–C) groups is 1. The third-order valence-electron chi connectivity index (χ3n) is 8.66. The van der Waals surface area contributed by atoms with E-state index in [1.54, 1.807) is 65.4 Å². The molecule has 5 heterocycles. The molecule has 312 valence electrons. The number of hydrogen-bond donors (Lipinski definition) is 4. The van der Waals surface area contributed by atoms with Crippen LogP contribution in [0.5, 0.6) is 5.75 Å². The van der Waals surface area contributed by atoms with Crippen LogP contribution in [0.25, 0.3) is 11.2 Å². The molecule has 59 heavy (non-hydrogen) atoms. The summed E-state index contributed by atoms with van der Waals surface area (Å²) in [4.78, 5) is 73.6. The van der Waals surface area contributed by atoms with Crippen molar-refractivity contribution >= 4 is 75.1 Å². The van der Waals surface area contributed by atoms with Crippen LogP contribution in [0.3, 0.4) is 0 Å². The smallest absolute Gasteiger partial charge is 0.414 e. The average molecular weight is 850 g/mol. The number of amides is 3. The maximum absolute atomic E-state index is 14.0. The minimum absolute atomic E-state index is 0.0321. The number of thioether (sulfide) groups is 1. The molecule has 0 bridgehead atoms. The number of pyridine rings is 1. The van der Waals surface area contributed by atoms with Crippen LogP contribution >= 0.6 is 23.3 Å². The van der Waals surface area contributed by atoms with Crippen LogP contribution in [0.2, 0.25) is 0 Å². The van der Waals surface area contributed by atoms with Gasteiger partial charge in [0.15, 0.2) is 5.96 Å². The normalized spacial score (nSPS) is 16.5. The predicted molar refractivity (Wildman–Crippen MR) is 218 cm³/mol. The number of methoxy groups -OCH3 is 1. The van der Waals surface area contributed by atoms with E-state index in [-0.39, 0.29) is 48.1 Å². The van der Waals surface area contributed by atoms with E-state index < -0.39 is 40.9 Å². The largest absolute Gasteiger partial charge is 0.497 e. The number of imidazole rings is 1. The number of carbonyl (C=O) groups excluding carboxylic acids is 4. The van der Waals surface area contributed by atoms with E-state index in [0.717, 1.165) is 17.0 Å². The van der Waals surface area contributed by atoms with Crippen molar-refractivity contribution in [2.24, 2.45) is 21.6 Å². The zero-order chi connectivity index (χ0) is 42.3. The van der Waals surface area contributed by atoms with Crippen LogP contribution in [0.15, 0.2) is 70.3 Å². The number of nitrogens with one attached hydrogen (secondary N) is 2. The summed E-state index contributed by atoms with van der Waals surface area (Å²) < 4.78 is 24.4. The monoisotopic (exact) mass is 849 g/mol. The van der Waals surface area contributed by atoms with Crippen molar-refractivity contribution in [1.29, 1.82) is 0 Å². The first-order chi connectivity index (χ1) is 28.3. The number of esters is 1. The molecule has 1 fully saturated rings. The lowest BCUT2D eigenvalue weighted by Gasteiger charge is -2.49. The summed E-state index contributed by atoms with van der Waals surface area (Å²) in [5.74, 6) is -1.17. The van der Waals surface area contributed by atoms with Crippen molar-refractivity contribution in [3.63, 3.8) is 0 Å². The SMILES string of the molecule is CCO/N=C(\C(=O)NC1C(=O)N2C(C(=O)OCc3ccc(OC)cc3)=C(C[n+]3cccc4c3ncn4CCCN=C(N)N)CSC12)c1nsc(NC(=O)OC(C)(C)C)n1. The summed E-state index contributed by atoms with van der Waals surface area (Å²) >= 11 is 2.18. The Labute approximate surface area is 347 Å². The van der Waals surface area contributed by atoms with Gasteiger partial charge in [-0.2, -0.15) is 9.36 Å². The van der Waals surface area contributed by atoms with Crippen molar-refractivity contribution in [3.05, 3.63) is 71.6 Å². The lowest BCUT2D eigenvalue weighted by Crippen LogP contribution is -2.71. The number of guanidine groups is 1. The number of anilines is 1. The van der Waals surface area contributed by atoms with Crippen molar-refractivity contribution in [3.8, 4) is 5.75 Å². The first-order valence-electron chi connectivity index (χ1n) is 18.5. The zero-order valence-electron chi connectivity index (χ0n) is 33.0. The van der Waals surface area contributed by atoms with Gasteiger partial charge in [0.05, 0.1) is 13.3 Å². The van der Waals surface area contributed by atoms with Gasteiger partial charge in [-0.05, 0) is 68.9 Å². The third kappa shape index (κ3) is 10.2. The van der Waals surface area contributed by atoms with Gasteiger partial charge in [-0.15, -0.1) is 11.8 Å². The van der Waals surface area contributed by atoms with Crippen molar-refractivity contribution < 1.29 is 42.8 Å². The molecule has 0 radical (unpaired) electrons. The first-order valence-corrected chi connectivity index (χ1v) is 20.3. The Hall–Kier alpha value is -6.29. The van der Waals surface area contributed by atoms with Gasteiger partial charge in [-0.1, -0.05) is 17.3 Å². The Kier molecular flexibility index (Phi) is 13.3. The lowest BCUT2D eigenvalue weighted by molar-refractivity contribution is -0.664. The molecule has 3 aromatic heterocycles. The van der Waals surface area contributed by atoms with Gasteiger partial charge < -0.3 is 40.4 Å². The van der Waals surface area contributed by atoms with Crippen LogP contribution < -0.4 is 31.4 Å². The van der Waals surface area contributed by atoms with Crippen molar-refractivity contribution in [2.75, 3.05) is 31.3 Å². The standard InChI is InChI=1S/C37H44N12O8S2/c1-6-56-45-25(28-43-35(59-46-28)44-36(53)57-37(2,3)4)30(50)42-26-31(51)49-27(33(52)55-18-21-10-12-23(54-5)13-11-21)22(19-58-32(26)49)17-47-15-7-9-24-29(47)41-20-48(24)16-8-14-40-34(38)39/h7,9-13,15,20,26,32H,6,8,14,16-19H2,1-5H3,(H5-,38,39,40,42,43,44,46,50,53)/p+1/b45-25-. The molecule has 0 spiro atoms. The van der Waals surface area contributed by atoms with Crippen LogP contribution in [0, 0.1) is 0 Å². The van der Waals surface area contributed by atoms with E-state index in [4.69, 9.17) is 30.5 Å². The summed E-state index contributed by atoms with van der Waals surface area (Å²) in [6.45, 7) is 8.18. The number of hydrogen-bond acceptors (Lipinski definition) is 15. The fourth-order valence-corrected chi connectivity index (χ4v) is 7.95. The summed E-state index contributed by atoms with van der Waals surface area (Å²) in [6.07, 6.45) is 3.51. The number of β-lactam (4-membered cyclic amide) rings is 1. The second-order valence-corrected chi connectivity index (χ2v) is 15.9. The number of nitrogens with zero attached hydrogens (tertiary/aromatic N) is 8. The Morgan fingerprint density at radius 3 is 2.63 bits per heavy atom. The molecule has 2 unspecified atom stereocenters. The van der Waals surface area contributed by atoms with E-state index in [0.29, 0.717) is 47.8 Å². The molecule has 2 atom stereocenters. The second-order valence-electron chi connectivity index (χ2n) is 14.1. The molecule has 22 heteroatoms.